The Morgan fingerprint density at radius 2 is 2.20 bits per heavy atom. The molecule has 1 rings (SSSR count). The van der Waals surface area contributed by atoms with Crippen molar-refractivity contribution in [3.63, 3.8) is 0 Å². The van der Waals surface area contributed by atoms with E-state index in [1.54, 1.807) is 12.1 Å². The molecular weight excluding hydrogens is 260 g/mol. The molecule has 0 aliphatic carbocycles. The SMILES string of the molecule is CCCOc1cc(NCCC(O)CC)ccc1[N+](=O)[O-]. The Bertz CT molecular complexity index is 437. The number of nitro groups is 1. The molecule has 1 atom stereocenters. The van der Waals surface area contributed by atoms with Gasteiger partial charge < -0.3 is 15.2 Å². The second-order valence-electron chi connectivity index (χ2n) is 4.57. The van der Waals surface area contributed by atoms with Crippen molar-refractivity contribution >= 4 is 11.4 Å². The highest BCUT2D eigenvalue weighted by atomic mass is 16.6. The highest BCUT2D eigenvalue weighted by molar-refractivity contribution is 5.57. The van der Waals surface area contributed by atoms with Gasteiger partial charge in [0.2, 0.25) is 0 Å². The maximum absolute atomic E-state index is 10.9. The molecule has 0 spiro atoms. The molecule has 0 aliphatic heterocycles. The molecule has 1 aromatic rings. The number of benzene rings is 1. The Balaban J connectivity index is 2.70. The van der Waals surface area contributed by atoms with E-state index in [1.807, 2.05) is 13.8 Å². The standard InChI is InChI=1S/C14H22N2O4/c1-3-9-20-14-10-11(5-6-13(14)16(18)19)15-8-7-12(17)4-2/h5-6,10,12,15,17H,3-4,7-9H2,1-2H3. The second-order valence-corrected chi connectivity index (χ2v) is 4.57. The summed E-state index contributed by atoms with van der Waals surface area (Å²) in [5.74, 6) is 0.276. The molecule has 2 N–H and O–H groups in total. The topological polar surface area (TPSA) is 84.6 Å². The lowest BCUT2D eigenvalue weighted by Crippen LogP contribution is -2.12. The van der Waals surface area contributed by atoms with Crippen molar-refractivity contribution in [3.8, 4) is 5.75 Å². The van der Waals surface area contributed by atoms with Gasteiger partial charge in [-0.15, -0.1) is 0 Å². The summed E-state index contributed by atoms with van der Waals surface area (Å²) < 4.78 is 5.41. The molecule has 112 valence electrons. The first-order valence-electron chi connectivity index (χ1n) is 6.91. The Hall–Kier alpha value is -1.82. The summed E-state index contributed by atoms with van der Waals surface area (Å²) in [6, 6.07) is 4.71. The summed E-state index contributed by atoms with van der Waals surface area (Å²) in [5, 5.41) is 23.5. The molecule has 0 radical (unpaired) electrons. The third-order valence-electron chi connectivity index (χ3n) is 2.90. The zero-order valence-corrected chi connectivity index (χ0v) is 12.0. The van der Waals surface area contributed by atoms with Crippen LogP contribution in [0.15, 0.2) is 18.2 Å². The number of rotatable bonds is 9. The van der Waals surface area contributed by atoms with E-state index in [4.69, 9.17) is 4.74 Å². The van der Waals surface area contributed by atoms with E-state index in [0.29, 0.717) is 26.0 Å². The fraction of sp³-hybridized carbons (Fsp3) is 0.571. The normalized spacial score (nSPS) is 11.9. The Labute approximate surface area is 118 Å². The van der Waals surface area contributed by atoms with Crippen molar-refractivity contribution in [3.05, 3.63) is 28.3 Å². The summed E-state index contributed by atoms with van der Waals surface area (Å²) in [6.07, 6.45) is 1.82. The van der Waals surface area contributed by atoms with Gasteiger partial charge in [-0.3, -0.25) is 10.1 Å². The minimum absolute atomic E-state index is 0.0300. The molecule has 6 nitrogen and oxygen atoms in total. The van der Waals surface area contributed by atoms with E-state index >= 15 is 0 Å². The van der Waals surface area contributed by atoms with Crippen LogP contribution in [0, 0.1) is 10.1 Å². The number of hydrogen-bond donors (Lipinski definition) is 2. The lowest BCUT2D eigenvalue weighted by atomic mass is 10.2. The number of anilines is 1. The van der Waals surface area contributed by atoms with Crippen LogP contribution in [0.2, 0.25) is 0 Å². The lowest BCUT2D eigenvalue weighted by Gasteiger charge is -2.11. The number of nitrogens with zero attached hydrogens (tertiary/aromatic N) is 1. The van der Waals surface area contributed by atoms with Gasteiger partial charge in [0.25, 0.3) is 0 Å². The van der Waals surface area contributed by atoms with Gasteiger partial charge in [-0.2, -0.15) is 0 Å². The molecule has 0 fully saturated rings. The first kappa shape index (κ1) is 16.2. The predicted octanol–water partition coefficient (Wildman–Crippen LogP) is 2.96. The first-order chi connectivity index (χ1) is 9.58. The Morgan fingerprint density at radius 3 is 2.80 bits per heavy atom. The second kappa shape index (κ2) is 8.37. The third-order valence-corrected chi connectivity index (χ3v) is 2.90. The zero-order valence-electron chi connectivity index (χ0n) is 12.0. The molecule has 0 amide bonds. The molecular formula is C14H22N2O4. The molecule has 20 heavy (non-hydrogen) atoms. The van der Waals surface area contributed by atoms with Crippen LogP contribution in [0.25, 0.3) is 0 Å². The zero-order chi connectivity index (χ0) is 15.0. The van der Waals surface area contributed by atoms with Gasteiger partial charge >= 0.3 is 5.69 Å². The van der Waals surface area contributed by atoms with Crippen molar-refractivity contribution < 1.29 is 14.8 Å². The predicted molar refractivity (Wildman–Crippen MR) is 78.3 cm³/mol. The third kappa shape index (κ3) is 5.05. The van der Waals surface area contributed by atoms with Crippen molar-refractivity contribution in [2.24, 2.45) is 0 Å². The average Bonchev–Trinajstić information content (AvgIpc) is 2.44. The quantitative estimate of drug-likeness (QED) is 0.537. The molecule has 1 unspecified atom stereocenters. The molecule has 0 aliphatic rings. The fourth-order valence-electron chi connectivity index (χ4n) is 1.69. The number of hydrogen-bond acceptors (Lipinski definition) is 5. The van der Waals surface area contributed by atoms with Crippen LogP contribution in [-0.2, 0) is 0 Å². The van der Waals surface area contributed by atoms with Gasteiger partial charge in [0.05, 0.1) is 17.6 Å². The minimum atomic E-state index is -0.449. The van der Waals surface area contributed by atoms with Crippen LogP contribution in [0.4, 0.5) is 11.4 Å². The maximum atomic E-state index is 10.9. The number of nitro benzene ring substituents is 1. The largest absolute Gasteiger partial charge is 0.487 e. The highest BCUT2D eigenvalue weighted by Crippen LogP contribution is 2.30. The van der Waals surface area contributed by atoms with Gasteiger partial charge in [-0.05, 0) is 25.3 Å². The summed E-state index contributed by atoms with van der Waals surface area (Å²) in [4.78, 5) is 10.5. The summed E-state index contributed by atoms with van der Waals surface area (Å²) in [7, 11) is 0. The molecule has 0 saturated heterocycles. The minimum Gasteiger partial charge on any atom is -0.487 e. The molecule has 0 bridgehead atoms. The number of nitrogens with one attached hydrogen (secondary N) is 1. The summed E-state index contributed by atoms with van der Waals surface area (Å²) >= 11 is 0. The molecule has 6 heteroatoms. The van der Waals surface area contributed by atoms with Crippen LogP contribution in [0.5, 0.6) is 5.75 Å². The fourth-order valence-corrected chi connectivity index (χ4v) is 1.69. The average molecular weight is 282 g/mol. The molecule has 1 aromatic carbocycles. The summed E-state index contributed by atoms with van der Waals surface area (Å²) in [5.41, 5.74) is 0.725. The first-order valence-corrected chi connectivity index (χ1v) is 6.91. The van der Waals surface area contributed by atoms with E-state index < -0.39 is 4.92 Å². The van der Waals surface area contributed by atoms with E-state index in [-0.39, 0.29) is 17.5 Å². The van der Waals surface area contributed by atoms with E-state index in [2.05, 4.69) is 5.32 Å². The molecule has 0 saturated carbocycles. The Morgan fingerprint density at radius 1 is 1.45 bits per heavy atom. The maximum Gasteiger partial charge on any atom is 0.311 e. The van der Waals surface area contributed by atoms with Crippen molar-refractivity contribution in [1.29, 1.82) is 0 Å². The van der Waals surface area contributed by atoms with Gasteiger partial charge in [-0.1, -0.05) is 13.8 Å². The Kier molecular flexibility index (Phi) is 6.79. The van der Waals surface area contributed by atoms with Gasteiger partial charge in [0.1, 0.15) is 0 Å². The van der Waals surface area contributed by atoms with Crippen LogP contribution in [0.1, 0.15) is 33.1 Å². The number of aliphatic hydroxyl groups is 1. The van der Waals surface area contributed by atoms with Gasteiger partial charge in [0.15, 0.2) is 5.75 Å². The van der Waals surface area contributed by atoms with Crippen LogP contribution in [0.3, 0.4) is 0 Å². The van der Waals surface area contributed by atoms with Crippen molar-refractivity contribution in [2.45, 2.75) is 39.2 Å². The van der Waals surface area contributed by atoms with E-state index in [0.717, 1.165) is 12.1 Å². The smallest absolute Gasteiger partial charge is 0.311 e. The van der Waals surface area contributed by atoms with E-state index in [1.165, 1.54) is 6.07 Å². The summed E-state index contributed by atoms with van der Waals surface area (Å²) in [6.45, 7) is 4.92. The van der Waals surface area contributed by atoms with Crippen LogP contribution < -0.4 is 10.1 Å². The monoisotopic (exact) mass is 282 g/mol. The van der Waals surface area contributed by atoms with Crippen molar-refractivity contribution in [2.75, 3.05) is 18.5 Å². The van der Waals surface area contributed by atoms with E-state index in [9.17, 15) is 15.2 Å². The highest BCUT2D eigenvalue weighted by Gasteiger charge is 2.15. The van der Waals surface area contributed by atoms with Crippen LogP contribution >= 0.6 is 0 Å². The van der Waals surface area contributed by atoms with Gasteiger partial charge in [0, 0.05) is 24.4 Å². The molecule has 0 heterocycles. The van der Waals surface area contributed by atoms with Crippen LogP contribution in [-0.4, -0.2) is 29.3 Å². The lowest BCUT2D eigenvalue weighted by molar-refractivity contribution is -0.385. The van der Waals surface area contributed by atoms with Crippen molar-refractivity contribution in [1.82, 2.24) is 0 Å². The number of ether oxygens (including phenoxy) is 1. The number of aliphatic hydroxyl groups excluding tert-OH is 1. The van der Waals surface area contributed by atoms with Gasteiger partial charge in [-0.25, -0.2) is 0 Å². The molecule has 0 aromatic heterocycles.